The molecule has 4 aromatic heterocycles. The second-order valence-corrected chi connectivity index (χ2v) is 19.5. The van der Waals surface area contributed by atoms with Gasteiger partial charge in [-0.2, -0.15) is 0 Å². The van der Waals surface area contributed by atoms with E-state index in [1.54, 1.807) is 34.5 Å². The Bertz CT molecular complexity index is 2680. The highest BCUT2D eigenvalue weighted by atomic mass is 79.9. The summed E-state index contributed by atoms with van der Waals surface area (Å²) in [5.41, 5.74) is 4.04. The predicted molar refractivity (Wildman–Crippen MR) is 263 cm³/mol. The van der Waals surface area contributed by atoms with Crippen molar-refractivity contribution >= 4 is 61.8 Å². The summed E-state index contributed by atoms with van der Waals surface area (Å²) in [6.07, 6.45) is 15.4. The van der Waals surface area contributed by atoms with Crippen LogP contribution in [0.1, 0.15) is 137 Å². The number of aromatic nitrogens is 2. The second-order valence-electron chi connectivity index (χ2n) is 18.6. The molecule has 2 aliphatic carbocycles. The average Bonchev–Trinajstić information content (AvgIpc) is 4.10. The summed E-state index contributed by atoms with van der Waals surface area (Å²) in [7, 11) is 0. The molecular formula is C53H65BrN6O7. The predicted octanol–water partition coefficient (Wildman–Crippen LogP) is 10.8. The molecule has 4 aliphatic rings. The standard InChI is InChI=1S/C27H33N3O4.C24H26BrN3O3.C2H6/c1-3-33-21-12-10-19(11-13-21)17-30-25(31)23-16-24-22(14-15-34-24)29(23)18-27(30,2)26(32)28-20-8-6-4-5-7-9-20;1-24(23(30)26-18-8-3-2-4-9-18)15-27-19-10-11-31-21(19)13-20(27)22(29)28(24)14-16-6-5-7-17(25)12-16;1-2/h10-16,20H,3-9,17-18H2,1-2H3,(H,28,32);5-7,10-13,18H,2-4,8-9,14-15H2,1H3,(H,26,30);1-2H3. The van der Waals surface area contributed by atoms with Crippen LogP contribution in [0.3, 0.4) is 0 Å². The van der Waals surface area contributed by atoms with E-state index in [-0.39, 0.29) is 35.7 Å². The lowest BCUT2D eigenvalue weighted by molar-refractivity contribution is -0.134. The zero-order valence-electron chi connectivity index (χ0n) is 39.6. The van der Waals surface area contributed by atoms with Crippen molar-refractivity contribution in [2.24, 2.45) is 0 Å². The second kappa shape index (κ2) is 20.6. The number of nitrogens with zero attached hydrogens (tertiary/aromatic N) is 4. The number of carbonyl (C=O) groups is 4. The Hall–Kier alpha value is -5.76. The molecule has 2 unspecified atom stereocenters. The lowest BCUT2D eigenvalue weighted by Crippen LogP contribution is -2.64. The fourth-order valence-electron chi connectivity index (χ4n) is 10.3. The Balaban J connectivity index is 0.000000176. The summed E-state index contributed by atoms with van der Waals surface area (Å²) in [4.78, 5) is 58.4. The number of rotatable bonds is 10. The number of fused-ring (bicyclic) bond motifs is 6. The van der Waals surface area contributed by atoms with Gasteiger partial charge in [-0.05, 0) is 81.8 Å². The molecule has 0 saturated heterocycles. The van der Waals surface area contributed by atoms with E-state index in [2.05, 4.69) is 26.6 Å². The monoisotopic (exact) mass is 976 g/mol. The van der Waals surface area contributed by atoms with Crippen molar-refractivity contribution in [2.45, 2.75) is 155 Å². The Morgan fingerprint density at radius 3 is 1.58 bits per heavy atom. The molecule has 6 heterocycles. The third-order valence-corrected chi connectivity index (χ3v) is 14.5. The molecule has 67 heavy (non-hydrogen) atoms. The fourth-order valence-corrected chi connectivity index (χ4v) is 10.7. The van der Waals surface area contributed by atoms with Gasteiger partial charge in [-0.15, -0.1) is 0 Å². The van der Waals surface area contributed by atoms with E-state index < -0.39 is 11.1 Å². The van der Waals surface area contributed by atoms with Gasteiger partial charge >= 0.3 is 0 Å². The van der Waals surface area contributed by atoms with E-state index in [1.807, 2.05) is 104 Å². The number of amides is 4. The van der Waals surface area contributed by atoms with E-state index in [4.69, 9.17) is 13.6 Å². The van der Waals surface area contributed by atoms with Gasteiger partial charge in [0.1, 0.15) is 28.2 Å². The normalized spacial score (nSPS) is 21.1. The van der Waals surface area contributed by atoms with Crippen molar-refractivity contribution < 1.29 is 32.7 Å². The van der Waals surface area contributed by atoms with E-state index in [0.717, 1.165) is 83.7 Å². The van der Waals surface area contributed by atoms with Crippen molar-refractivity contribution in [3.8, 4) is 5.75 Å². The van der Waals surface area contributed by atoms with Gasteiger partial charge in [0.25, 0.3) is 11.8 Å². The zero-order chi connectivity index (χ0) is 47.3. The molecule has 2 N–H and O–H groups in total. The molecular weight excluding hydrogens is 913 g/mol. The molecule has 0 spiro atoms. The van der Waals surface area contributed by atoms with Crippen molar-refractivity contribution in [3.63, 3.8) is 0 Å². The van der Waals surface area contributed by atoms with Crippen LogP contribution in [0.4, 0.5) is 0 Å². The number of hydrogen-bond acceptors (Lipinski definition) is 7. The highest BCUT2D eigenvalue weighted by Crippen LogP contribution is 2.37. The molecule has 2 aromatic carbocycles. The molecule has 2 atom stereocenters. The van der Waals surface area contributed by atoms with E-state index in [9.17, 15) is 19.2 Å². The molecule has 13 nitrogen and oxygen atoms in total. The number of halogens is 1. The van der Waals surface area contributed by atoms with Crippen LogP contribution < -0.4 is 15.4 Å². The Labute approximate surface area is 401 Å². The first kappa shape index (κ1) is 47.7. The topological polar surface area (TPSA) is 144 Å². The molecule has 356 valence electrons. The van der Waals surface area contributed by atoms with Gasteiger partial charge in [0.2, 0.25) is 11.8 Å². The van der Waals surface area contributed by atoms with E-state index in [0.29, 0.717) is 55.3 Å². The first-order chi connectivity index (χ1) is 32.4. The number of ether oxygens (including phenoxy) is 1. The minimum atomic E-state index is -1.03. The van der Waals surface area contributed by atoms with Crippen LogP contribution in [0.2, 0.25) is 0 Å². The molecule has 2 aliphatic heterocycles. The Morgan fingerprint density at radius 1 is 0.657 bits per heavy atom. The molecule has 10 rings (SSSR count). The van der Waals surface area contributed by atoms with Gasteiger partial charge in [-0.25, -0.2) is 0 Å². The quantitative estimate of drug-likeness (QED) is 0.130. The van der Waals surface area contributed by atoms with Gasteiger partial charge in [0, 0.05) is 53.9 Å². The van der Waals surface area contributed by atoms with Crippen LogP contribution in [0, 0.1) is 0 Å². The lowest BCUT2D eigenvalue weighted by Gasteiger charge is -2.44. The zero-order valence-corrected chi connectivity index (χ0v) is 41.2. The molecule has 4 amide bonds. The third-order valence-electron chi connectivity index (χ3n) is 14.0. The van der Waals surface area contributed by atoms with Crippen LogP contribution in [0.25, 0.3) is 22.2 Å². The fraction of sp³-hybridized carbons (Fsp3) is 0.472. The maximum Gasteiger partial charge on any atom is 0.271 e. The lowest BCUT2D eigenvalue weighted by atomic mass is 9.91. The highest BCUT2D eigenvalue weighted by Gasteiger charge is 2.50. The van der Waals surface area contributed by atoms with Crippen molar-refractivity contribution in [1.82, 2.24) is 29.6 Å². The maximum absolute atomic E-state index is 13.8. The van der Waals surface area contributed by atoms with Crippen LogP contribution in [0.5, 0.6) is 5.75 Å². The number of nitrogens with one attached hydrogen (secondary N) is 2. The van der Waals surface area contributed by atoms with E-state index >= 15 is 0 Å². The van der Waals surface area contributed by atoms with E-state index in [1.165, 1.54) is 19.3 Å². The summed E-state index contributed by atoms with van der Waals surface area (Å²) in [6, 6.07) is 23.2. The van der Waals surface area contributed by atoms with Crippen LogP contribution >= 0.6 is 15.9 Å². The summed E-state index contributed by atoms with van der Waals surface area (Å²) in [5, 5.41) is 6.57. The number of carbonyl (C=O) groups excluding carboxylic acids is 4. The largest absolute Gasteiger partial charge is 0.494 e. The van der Waals surface area contributed by atoms with Crippen LogP contribution in [0.15, 0.2) is 98.6 Å². The van der Waals surface area contributed by atoms with Gasteiger partial charge in [0.15, 0.2) is 11.2 Å². The highest BCUT2D eigenvalue weighted by molar-refractivity contribution is 9.10. The number of furan rings is 2. The Kier molecular flexibility index (Phi) is 14.7. The minimum absolute atomic E-state index is 0.0845. The van der Waals surface area contributed by atoms with Crippen molar-refractivity contribution in [2.75, 3.05) is 6.61 Å². The van der Waals surface area contributed by atoms with Gasteiger partial charge in [0.05, 0.1) is 43.3 Å². The van der Waals surface area contributed by atoms with Gasteiger partial charge in [-0.3, -0.25) is 19.2 Å². The Morgan fingerprint density at radius 2 is 1.12 bits per heavy atom. The van der Waals surface area contributed by atoms with Gasteiger partial charge in [-0.1, -0.05) is 99.0 Å². The van der Waals surface area contributed by atoms with Crippen molar-refractivity contribution in [3.05, 3.63) is 112 Å². The van der Waals surface area contributed by atoms with Crippen LogP contribution in [-0.4, -0.2) is 72.3 Å². The molecule has 0 bridgehead atoms. The number of hydrogen-bond donors (Lipinski definition) is 2. The minimum Gasteiger partial charge on any atom is -0.494 e. The maximum atomic E-state index is 13.8. The summed E-state index contributed by atoms with van der Waals surface area (Å²) in [5.74, 6) is 0.303. The number of benzene rings is 2. The SMILES string of the molecule is CC.CC1(C(=O)NC2CCCCC2)Cn2c(cc3occc32)C(=O)N1Cc1cccc(Br)c1.CCOc1ccc(CN2C(=O)c3cc4occc4n3CC2(C)C(=O)NC2CCCCCC2)cc1. The molecule has 14 heteroatoms. The first-order valence-electron chi connectivity index (χ1n) is 24.3. The smallest absolute Gasteiger partial charge is 0.271 e. The average molecular weight is 978 g/mol. The summed E-state index contributed by atoms with van der Waals surface area (Å²) < 4.78 is 21.5. The molecule has 2 saturated carbocycles. The third kappa shape index (κ3) is 9.82. The van der Waals surface area contributed by atoms with Crippen LogP contribution in [-0.2, 0) is 35.8 Å². The molecule has 6 aromatic rings. The molecule has 2 fully saturated rings. The molecule has 0 radical (unpaired) electrons. The first-order valence-corrected chi connectivity index (χ1v) is 25.1. The summed E-state index contributed by atoms with van der Waals surface area (Å²) >= 11 is 3.51. The van der Waals surface area contributed by atoms with Crippen molar-refractivity contribution in [1.29, 1.82) is 0 Å². The summed E-state index contributed by atoms with van der Waals surface area (Å²) in [6.45, 7) is 11.8. The van der Waals surface area contributed by atoms with Gasteiger partial charge < -0.3 is 43.1 Å².